The lowest BCUT2D eigenvalue weighted by Crippen LogP contribution is -2.39. The Kier molecular flexibility index (Phi) is 6.89. The van der Waals surface area contributed by atoms with Crippen LogP contribution in [0, 0.1) is 5.92 Å². The first kappa shape index (κ1) is 25.5. The zero-order valence-corrected chi connectivity index (χ0v) is 21.4. The van der Waals surface area contributed by atoms with E-state index >= 15 is 0 Å². The van der Waals surface area contributed by atoms with Gasteiger partial charge >= 0.3 is 0 Å². The van der Waals surface area contributed by atoms with Crippen molar-refractivity contribution in [1.82, 2.24) is 29.4 Å². The molecular weight excluding hydrogens is 490 g/mol. The maximum Gasteiger partial charge on any atom is 0.270 e. The molecule has 4 heterocycles. The molecule has 0 atom stereocenters. The van der Waals surface area contributed by atoms with Gasteiger partial charge in [-0.2, -0.15) is 9.61 Å². The molecule has 0 bridgehead atoms. The van der Waals surface area contributed by atoms with Gasteiger partial charge in [-0.3, -0.25) is 19.0 Å². The van der Waals surface area contributed by atoms with Gasteiger partial charge in [-0.05, 0) is 37.0 Å². The summed E-state index contributed by atoms with van der Waals surface area (Å²) in [6, 6.07) is 3.40. The molecule has 0 unspecified atom stereocenters. The van der Waals surface area contributed by atoms with Crippen molar-refractivity contribution in [3.05, 3.63) is 45.9 Å². The van der Waals surface area contributed by atoms with Crippen molar-refractivity contribution in [3.8, 4) is 17.1 Å². The Morgan fingerprint density at radius 1 is 1.29 bits per heavy atom. The summed E-state index contributed by atoms with van der Waals surface area (Å²) in [5.41, 5.74) is 6.57. The second-order valence-electron chi connectivity index (χ2n) is 9.96. The summed E-state index contributed by atoms with van der Waals surface area (Å²) < 4.78 is 7.93. The van der Waals surface area contributed by atoms with E-state index < -0.39 is 17.3 Å². The molecule has 1 saturated carbocycles. The van der Waals surface area contributed by atoms with Crippen molar-refractivity contribution >= 4 is 29.4 Å². The Morgan fingerprint density at radius 3 is 2.68 bits per heavy atom. The first-order valence-corrected chi connectivity index (χ1v) is 12.7. The summed E-state index contributed by atoms with van der Waals surface area (Å²) in [4.78, 5) is 45.4. The number of nitrogen functional groups attached to an aromatic ring is 1. The van der Waals surface area contributed by atoms with E-state index in [-0.39, 0.29) is 41.4 Å². The first-order valence-electron chi connectivity index (χ1n) is 12.7. The van der Waals surface area contributed by atoms with E-state index in [1.165, 1.54) is 15.2 Å². The number of anilines is 1. The lowest BCUT2D eigenvalue weighted by molar-refractivity contribution is -0.129. The Labute approximate surface area is 218 Å². The lowest BCUT2D eigenvalue weighted by Gasteiger charge is -2.25. The number of nitrogens with zero attached hydrogens (tertiary/aromatic N) is 5. The van der Waals surface area contributed by atoms with E-state index in [4.69, 9.17) is 10.5 Å². The Bertz CT molecular complexity index is 1480. The average molecular weight is 522 g/mol. The van der Waals surface area contributed by atoms with Crippen molar-refractivity contribution in [2.75, 3.05) is 32.0 Å². The number of nitrogens with two attached hydrogens (primary N) is 1. The SMILES string of the molecule is CC(C)Cn1c(=O)c(C(=O)NC2CC2)c(O)n2nc(-c3cccnc3N)c(C=CC(=O)N3CCOCC3)c12. The van der Waals surface area contributed by atoms with Gasteiger partial charge in [-0.25, -0.2) is 4.98 Å². The number of amides is 2. The molecule has 2 fully saturated rings. The van der Waals surface area contributed by atoms with Crippen LogP contribution in [0.2, 0.25) is 0 Å². The third kappa shape index (κ3) is 4.86. The van der Waals surface area contributed by atoms with Crippen LogP contribution >= 0.6 is 0 Å². The standard InChI is InChI=1S/C26H31N7O5/c1-15(2)14-32-24-18(7-8-19(34)31-10-12-38-13-11-31)21(17-4-3-9-28-22(17)27)30-33(24)26(37)20(25(32)36)23(35)29-16-5-6-16/h3-4,7-9,15-16,37H,5-6,10-14H2,1-2H3,(H2,27,28)(H,29,35). The number of hydrogen-bond donors (Lipinski definition) is 3. The number of morpholine rings is 1. The fourth-order valence-electron chi connectivity index (χ4n) is 4.49. The molecule has 3 aromatic rings. The van der Waals surface area contributed by atoms with Gasteiger partial charge in [0.25, 0.3) is 11.5 Å². The van der Waals surface area contributed by atoms with Gasteiger partial charge in [0.1, 0.15) is 11.5 Å². The molecule has 1 aliphatic heterocycles. The average Bonchev–Trinajstić information content (AvgIpc) is 3.63. The molecule has 0 radical (unpaired) electrons. The second kappa shape index (κ2) is 10.3. The number of aromatic hydroxyl groups is 1. The number of fused-ring (bicyclic) bond motifs is 1. The van der Waals surface area contributed by atoms with Crippen LogP contribution < -0.4 is 16.6 Å². The van der Waals surface area contributed by atoms with E-state index in [1.54, 1.807) is 29.3 Å². The van der Waals surface area contributed by atoms with Gasteiger partial charge in [0.2, 0.25) is 11.8 Å². The first-order chi connectivity index (χ1) is 18.3. The smallest absolute Gasteiger partial charge is 0.270 e. The molecule has 2 aliphatic rings. The van der Waals surface area contributed by atoms with E-state index in [9.17, 15) is 19.5 Å². The highest BCUT2D eigenvalue weighted by Gasteiger charge is 2.31. The molecule has 1 saturated heterocycles. The Balaban J connectivity index is 1.74. The van der Waals surface area contributed by atoms with Gasteiger partial charge in [-0.15, -0.1) is 0 Å². The molecule has 12 heteroatoms. The van der Waals surface area contributed by atoms with E-state index in [0.29, 0.717) is 43.1 Å². The van der Waals surface area contributed by atoms with Crippen molar-refractivity contribution in [2.45, 2.75) is 39.3 Å². The third-order valence-corrected chi connectivity index (χ3v) is 6.53. The summed E-state index contributed by atoms with van der Waals surface area (Å²) in [7, 11) is 0. The fraction of sp³-hybridized carbons (Fsp3) is 0.423. The number of pyridine rings is 1. The summed E-state index contributed by atoms with van der Waals surface area (Å²) >= 11 is 0. The zero-order chi connectivity index (χ0) is 27.0. The maximum absolute atomic E-state index is 13.7. The van der Waals surface area contributed by atoms with Crippen LogP contribution in [0.5, 0.6) is 5.88 Å². The summed E-state index contributed by atoms with van der Waals surface area (Å²) in [6.07, 6.45) is 6.17. The van der Waals surface area contributed by atoms with Crippen LogP contribution in [0.15, 0.2) is 29.2 Å². The molecule has 0 aromatic carbocycles. The van der Waals surface area contributed by atoms with Gasteiger partial charge in [0.05, 0.1) is 13.2 Å². The molecule has 2 amide bonds. The highest BCUT2D eigenvalue weighted by atomic mass is 16.5. The van der Waals surface area contributed by atoms with Gasteiger partial charge < -0.3 is 25.8 Å². The normalized spacial score (nSPS) is 16.0. The van der Waals surface area contributed by atoms with Crippen molar-refractivity contribution in [2.24, 2.45) is 5.92 Å². The zero-order valence-electron chi connectivity index (χ0n) is 21.4. The molecule has 12 nitrogen and oxygen atoms in total. The molecule has 3 aromatic heterocycles. The van der Waals surface area contributed by atoms with Gasteiger partial charge in [0, 0.05) is 49.1 Å². The largest absolute Gasteiger partial charge is 0.492 e. The summed E-state index contributed by atoms with van der Waals surface area (Å²) in [5.74, 6) is -1.24. The quantitative estimate of drug-likeness (QED) is 0.392. The van der Waals surface area contributed by atoms with Gasteiger partial charge in [-0.1, -0.05) is 13.8 Å². The van der Waals surface area contributed by atoms with Crippen LogP contribution in [0.1, 0.15) is 42.6 Å². The number of rotatable bonds is 7. The maximum atomic E-state index is 13.7. The highest BCUT2D eigenvalue weighted by Crippen LogP contribution is 2.33. The van der Waals surface area contributed by atoms with Crippen LogP contribution in [-0.4, -0.2) is 73.3 Å². The van der Waals surface area contributed by atoms with Crippen LogP contribution in [0.25, 0.3) is 23.0 Å². The fourth-order valence-corrected chi connectivity index (χ4v) is 4.49. The van der Waals surface area contributed by atoms with E-state index in [0.717, 1.165) is 12.8 Å². The van der Waals surface area contributed by atoms with E-state index in [2.05, 4.69) is 15.4 Å². The van der Waals surface area contributed by atoms with Gasteiger partial charge in [0.15, 0.2) is 11.2 Å². The number of hydrogen-bond acceptors (Lipinski definition) is 8. The van der Waals surface area contributed by atoms with Crippen LogP contribution in [0.4, 0.5) is 5.82 Å². The Morgan fingerprint density at radius 2 is 2.03 bits per heavy atom. The number of nitrogens with one attached hydrogen (secondary N) is 1. The minimum atomic E-state index is -0.646. The monoisotopic (exact) mass is 521 g/mol. The highest BCUT2D eigenvalue weighted by molar-refractivity contribution is 5.98. The summed E-state index contributed by atoms with van der Waals surface area (Å²) in [5, 5.41) is 18.6. The molecule has 200 valence electrons. The molecular formula is C26H31N7O5. The van der Waals surface area contributed by atoms with Crippen LogP contribution in [-0.2, 0) is 16.1 Å². The second-order valence-corrected chi connectivity index (χ2v) is 9.96. The third-order valence-electron chi connectivity index (χ3n) is 6.53. The van der Waals surface area contributed by atoms with Crippen molar-refractivity contribution in [3.63, 3.8) is 0 Å². The minimum absolute atomic E-state index is 0.0105. The predicted octanol–water partition coefficient (Wildman–Crippen LogP) is 1.27. The summed E-state index contributed by atoms with van der Waals surface area (Å²) in [6.45, 7) is 5.99. The molecule has 4 N–H and O–H groups in total. The number of ether oxygens (including phenoxy) is 1. The Hall–Kier alpha value is -4.19. The number of carbonyl (C=O) groups is 2. The number of carbonyl (C=O) groups excluding carboxylic acids is 2. The predicted molar refractivity (Wildman–Crippen MR) is 141 cm³/mol. The molecule has 38 heavy (non-hydrogen) atoms. The lowest BCUT2D eigenvalue weighted by atomic mass is 10.1. The van der Waals surface area contributed by atoms with E-state index in [1.807, 2.05) is 13.8 Å². The minimum Gasteiger partial charge on any atom is -0.492 e. The van der Waals surface area contributed by atoms with Crippen molar-refractivity contribution in [1.29, 1.82) is 0 Å². The number of aromatic nitrogens is 4. The molecule has 1 aliphatic carbocycles. The molecule has 0 spiro atoms. The topological polar surface area (TPSA) is 157 Å². The van der Waals surface area contributed by atoms with Crippen LogP contribution in [0.3, 0.4) is 0 Å². The molecule has 5 rings (SSSR count). The van der Waals surface area contributed by atoms with Crippen molar-refractivity contribution < 1.29 is 19.4 Å².